The number of aromatic nitrogens is 1. The first kappa shape index (κ1) is 21.8. The molecule has 162 valence electrons. The van der Waals surface area contributed by atoms with Crippen LogP contribution in [0.3, 0.4) is 0 Å². The summed E-state index contributed by atoms with van der Waals surface area (Å²) < 4.78 is 38.7. The maximum absolute atomic E-state index is 12.4. The molecule has 2 aromatic rings. The number of pyridine rings is 1. The third-order valence-electron chi connectivity index (χ3n) is 4.79. The Kier molecular flexibility index (Phi) is 6.18. The van der Waals surface area contributed by atoms with Crippen molar-refractivity contribution >= 4 is 16.0 Å². The summed E-state index contributed by atoms with van der Waals surface area (Å²) in [5.74, 6) is -0.254. The molecule has 2 N–H and O–H groups in total. The second-order valence-electron chi connectivity index (χ2n) is 6.95. The number of fused-ring (bicyclic) bond motifs is 3. The highest BCUT2D eigenvalue weighted by Gasteiger charge is 2.28. The number of nitrogens with one attached hydrogen (secondary N) is 1. The van der Waals surface area contributed by atoms with Crippen LogP contribution in [0.25, 0.3) is 11.3 Å². The van der Waals surface area contributed by atoms with Gasteiger partial charge in [-0.15, -0.1) is 0 Å². The van der Waals surface area contributed by atoms with Gasteiger partial charge in [0, 0.05) is 24.4 Å². The Morgan fingerprint density at radius 1 is 1.20 bits per heavy atom. The molecule has 1 unspecified atom stereocenters. The Labute approximate surface area is 174 Å². The van der Waals surface area contributed by atoms with Crippen molar-refractivity contribution in [3.8, 4) is 22.8 Å². The molecule has 2 heterocycles. The van der Waals surface area contributed by atoms with Crippen LogP contribution in [0, 0.1) is 0 Å². The van der Waals surface area contributed by atoms with Crippen molar-refractivity contribution in [3.05, 3.63) is 45.7 Å². The highest BCUT2D eigenvalue weighted by atomic mass is 32.2. The predicted molar refractivity (Wildman–Crippen MR) is 111 cm³/mol. The molecule has 3 rings (SSSR count). The number of sulfonamides is 1. The van der Waals surface area contributed by atoms with Gasteiger partial charge in [-0.3, -0.25) is 4.79 Å². The minimum Gasteiger partial charge on any atom is -0.490 e. The molecule has 0 fully saturated rings. The summed E-state index contributed by atoms with van der Waals surface area (Å²) in [6.07, 6.45) is 2.74. The van der Waals surface area contributed by atoms with Crippen LogP contribution >= 0.6 is 0 Å². The van der Waals surface area contributed by atoms with Crippen molar-refractivity contribution in [2.24, 2.45) is 0 Å². The van der Waals surface area contributed by atoms with E-state index in [0.29, 0.717) is 42.4 Å². The van der Waals surface area contributed by atoms with E-state index in [1.165, 1.54) is 12.3 Å². The molecule has 10 heteroatoms. The van der Waals surface area contributed by atoms with Crippen molar-refractivity contribution in [3.63, 3.8) is 0 Å². The third kappa shape index (κ3) is 4.49. The zero-order valence-electron chi connectivity index (χ0n) is 17.0. The quantitative estimate of drug-likeness (QED) is 0.645. The molecular formula is C20H24N2O7S. The number of ether oxygens (including phenoxy) is 2. The largest absolute Gasteiger partial charge is 0.490 e. The number of carboxylic acids is 1. The van der Waals surface area contributed by atoms with Crippen molar-refractivity contribution < 1.29 is 27.8 Å². The topological polar surface area (TPSA) is 124 Å². The minimum atomic E-state index is -3.45. The van der Waals surface area contributed by atoms with E-state index >= 15 is 0 Å². The highest BCUT2D eigenvalue weighted by molar-refractivity contribution is 7.88. The lowest BCUT2D eigenvalue weighted by Gasteiger charge is -2.31. The number of carbonyl (C=O) groups is 1. The summed E-state index contributed by atoms with van der Waals surface area (Å²) in [6, 6.07) is 4.45. The molecular weight excluding hydrogens is 412 g/mol. The van der Waals surface area contributed by atoms with Crippen molar-refractivity contribution in [1.82, 2.24) is 9.29 Å². The lowest BCUT2D eigenvalue weighted by Crippen LogP contribution is -2.34. The van der Waals surface area contributed by atoms with Crippen molar-refractivity contribution in [1.29, 1.82) is 0 Å². The van der Waals surface area contributed by atoms with Gasteiger partial charge >= 0.3 is 5.97 Å². The first-order valence-electron chi connectivity index (χ1n) is 9.51. The van der Waals surface area contributed by atoms with E-state index in [4.69, 9.17) is 9.47 Å². The van der Waals surface area contributed by atoms with Gasteiger partial charge < -0.3 is 19.1 Å². The number of nitrogens with zero attached hydrogens (tertiary/aromatic N) is 1. The van der Waals surface area contributed by atoms with Gasteiger partial charge in [0.1, 0.15) is 5.56 Å². The van der Waals surface area contributed by atoms with Gasteiger partial charge in [0.15, 0.2) is 16.9 Å². The van der Waals surface area contributed by atoms with Gasteiger partial charge in [-0.25, -0.2) is 17.9 Å². The van der Waals surface area contributed by atoms with Crippen LogP contribution in [0.5, 0.6) is 11.5 Å². The lowest BCUT2D eigenvalue weighted by atomic mass is 9.91. The fraction of sp³-hybridized carbons (Fsp3) is 0.400. The normalized spacial score (nSPS) is 15.2. The van der Waals surface area contributed by atoms with Crippen molar-refractivity contribution in [2.75, 3.05) is 26.0 Å². The number of hydrogen-bond donors (Lipinski definition) is 2. The third-order valence-corrected chi connectivity index (χ3v) is 5.48. The summed E-state index contributed by atoms with van der Waals surface area (Å²) in [5, 5.41) is 9.36. The second kappa shape index (κ2) is 8.49. The van der Waals surface area contributed by atoms with Crippen LogP contribution in [0.15, 0.2) is 29.2 Å². The maximum Gasteiger partial charge on any atom is 0.341 e. The molecule has 0 spiro atoms. The monoisotopic (exact) mass is 436 g/mol. The van der Waals surface area contributed by atoms with Crippen LogP contribution in [0.1, 0.15) is 35.8 Å². The van der Waals surface area contributed by atoms with Gasteiger partial charge in [-0.1, -0.05) is 0 Å². The summed E-state index contributed by atoms with van der Waals surface area (Å²) in [6.45, 7) is 4.61. The van der Waals surface area contributed by atoms with Gasteiger partial charge in [-0.05, 0) is 38.0 Å². The Morgan fingerprint density at radius 3 is 2.40 bits per heavy atom. The molecule has 1 aliphatic heterocycles. The fourth-order valence-electron chi connectivity index (χ4n) is 3.54. The second-order valence-corrected chi connectivity index (χ2v) is 8.78. The maximum atomic E-state index is 12.4. The first-order valence-corrected chi connectivity index (χ1v) is 11.4. The van der Waals surface area contributed by atoms with E-state index < -0.39 is 27.5 Å². The Hall–Kier alpha value is -2.85. The lowest BCUT2D eigenvalue weighted by molar-refractivity contribution is 0.0694. The molecule has 0 saturated heterocycles. The average molecular weight is 436 g/mol. The number of benzene rings is 1. The van der Waals surface area contributed by atoms with Gasteiger partial charge in [-0.2, -0.15) is 0 Å². The zero-order chi connectivity index (χ0) is 22.1. The summed E-state index contributed by atoms with van der Waals surface area (Å²) in [7, 11) is -3.45. The van der Waals surface area contributed by atoms with Crippen LogP contribution in [0.4, 0.5) is 0 Å². The number of rotatable bonds is 8. The SMILES string of the molecule is CCOc1cc2c(cc1OCC)-c1cc(=O)c(C(=O)O)cn1C(CNS(C)(=O)=O)C2. The standard InChI is InChI=1S/C20H24N2O7S/c1-4-28-18-7-12-6-13(10-21-30(3,26)27)22-11-15(20(24)25)17(23)9-16(22)14(12)8-19(18)29-5-2/h7-9,11,13,21H,4-6,10H2,1-3H3,(H,24,25). The van der Waals surface area contributed by atoms with Gasteiger partial charge in [0.2, 0.25) is 10.0 Å². The van der Waals surface area contributed by atoms with Crippen molar-refractivity contribution in [2.45, 2.75) is 26.3 Å². The molecule has 0 aliphatic carbocycles. The van der Waals surface area contributed by atoms with E-state index in [-0.39, 0.29) is 12.1 Å². The average Bonchev–Trinajstić information content (AvgIpc) is 2.66. The Bertz CT molecular complexity index is 1140. The predicted octanol–water partition coefficient (Wildman–Crippen LogP) is 1.66. The molecule has 0 amide bonds. The van der Waals surface area contributed by atoms with Crippen LogP contribution in [-0.4, -0.2) is 50.1 Å². The number of carboxylic acid groups (broad SMARTS) is 1. The molecule has 0 radical (unpaired) electrons. The van der Waals surface area contributed by atoms with Crippen LogP contribution in [0.2, 0.25) is 0 Å². The molecule has 30 heavy (non-hydrogen) atoms. The molecule has 0 saturated carbocycles. The van der Waals surface area contributed by atoms with Gasteiger partial charge in [0.25, 0.3) is 0 Å². The van der Waals surface area contributed by atoms with E-state index in [1.807, 2.05) is 19.9 Å². The summed E-state index contributed by atoms with van der Waals surface area (Å²) >= 11 is 0. The highest BCUT2D eigenvalue weighted by Crippen LogP contribution is 2.41. The first-order chi connectivity index (χ1) is 14.1. The van der Waals surface area contributed by atoms with Crippen LogP contribution in [-0.2, 0) is 16.4 Å². The summed E-state index contributed by atoms with van der Waals surface area (Å²) in [4.78, 5) is 23.9. The minimum absolute atomic E-state index is 0.0460. The van der Waals surface area contributed by atoms with E-state index in [9.17, 15) is 23.1 Å². The zero-order valence-corrected chi connectivity index (χ0v) is 17.8. The van der Waals surface area contributed by atoms with Crippen LogP contribution < -0.4 is 19.6 Å². The molecule has 1 atom stereocenters. The van der Waals surface area contributed by atoms with Gasteiger partial charge in [0.05, 0.1) is 31.2 Å². The molecule has 1 aromatic heterocycles. The summed E-state index contributed by atoms with van der Waals surface area (Å²) in [5.41, 5.74) is 1.07. The Morgan fingerprint density at radius 2 is 1.83 bits per heavy atom. The van der Waals surface area contributed by atoms with E-state index in [1.54, 1.807) is 10.6 Å². The van der Waals surface area contributed by atoms with E-state index in [0.717, 1.165) is 11.8 Å². The fourth-order valence-corrected chi connectivity index (χ4v) is 4.04. The molecule has 1 aliphatic rings. The molecule has 1 aromatic carbocycles. The van der Waals surface area contributed by atoms with E-state index in [2.05, 4.69) is 4.72 Å². The molecule has 0 bridgehead atoms. The number of hydrogen-bond acceptors (Lipinski definition) is 6. The Balaban J connectivity index is 2.20. The number of aromatic carboxylic acids is 1. The smallest absolute Gasteiger partial charge is 0.341 e. The molecule has 9 nitrogen and oxygen atoms in total.